The Labute approximate surface area is 185 Å². The number of nitrogens with one attached hydrogen (secondary N) is 1. The summed E-state index contributed by atoms with van der Waals surface area (Å²) in [4.78, 5) is 36.6. The zero-order chi connectivity index (χ0) is 23.1. The minimum atomic E-state index is -5.08. The van der Waals surface area contributed by atoms with E-state index in [9.17, 15) is 18.0 Å². The van der Waals surface area contributed by atoms with Crippen LogP contribution in [-0.4, -0.2) is 68.8 Å². The molecule has 2 fully saturated rings. The number of rotatable bonds is 4. The zero-order valence-corrected chi connectivity index (χ0v) is 17.7. The number of amides is 1. The number of aliphatic carboxylic acids is 1. The third-order valence-electron chi connectivity index (χ3n) is 5.19. The molecular weight excluding hydrogens is 451 g/mol. The van der Waals surface area contributed by atoms with Gasteiger partial charge in [-0.2, -0.15) is 13.2 Å². The van der Waals surface area contributed by atoms with Crippen LogP contribution in [0.4, 0.5) is 19.0 Å². The number of hydrogen-bond donors (Lipinski definition) is 2. The smallest absolute Gasteiger partial charge is 0.475 e. The normalized spacial score (nSPS) is 23.4. The first-order valence-corrected chi connectivity index (χ1v) is 10.7. The lowest BCUT2D eigenvalue weighted by atomic mass is 9.79. The van der Waals surface area contributed by atoms with Crippen LogP contribution in [0.3, 0.4) is 0 Å². The van der Waals surface area contributed by atoms with Crippen molar-refractivity contribution in [1.29, 1.82) is 0 Å². The van der Waals surface area contributed by atoms with E-state index in [4.69, 9.17) is 14.6 Å². The van der Waals surface area contributed by atoms with Crippen molar-refractivity contribution < 1.29 is 32.6 Å². The standard InChI is InChI=1S/C17H21N5O2S.C2HF3O2/c23-17(21-15-9-18-3-4-19-15)12-2-7-24-14-1-6-22(10-13(12)14)11-16-20-5-8-25-16;3-2(4,5)1(6)7/h3-5,8-9,12-14H,1-2,6-7,10-11H2,(H,19,21,23);(H,6,7)/t12-,13-,14-;/m1./s1. The maximum atomic E-state index is 12.8. The fraction of sp³-hybridized carbons (Fsp3) is 0.526. The molecule has 9 nitrogen and oxygen atoms in total. The Bertz CT molecular complexity index is 885. The first-order valence-electron chi connectivity index (χ1n) is 9.83. The third-order valence-corrected chi connectivity index (χ3v) is 5.95. The maximum absolute atomic E-state index is 12.8. The number of fused-ring (bicyclic) bond motifs is 1. The number of nitrogens with zero attached hydrogens (tertiary/aromatic N) is 4. The number of anilines is 1. The SMILES string of the molecule is O=C(Nc1cnccn1)[C@@H]1CCO[C@@H]2CCN(Cc3nccs3)C[C@@H]21.O=C(O)C(F)(F)F. The molecule has 4 heterocycles. The minimum absolute atomic E-state index is 0.0231. The van der Waals surface area contributed by atoms with Gasteiger partial charge >= 0.3 is 12.1 Å². The molecule has 1 amide bonds. The fourth-order valence-electron chi connectivity index (χ4n) is 3.76. The van der Waals surface area contributed by atoms with E-state index in [2.05, 4.69) is 25.2 Å². The maximum Gasteiger partial charge on any atom is 0.490 e. The second-order valence-corrected chi connectivity index (χ2v) is 8.28. The lowest BCUT2D eigenvalue weighted by Gasteiger charge is -2.44. The molecule has 174 valence electrons. The fourth-order valence-corrected chi connectivity index (χ4v) is 4.42. The van der Waals surface area contributed by atoms with Gasteiger partial charge in [0.25, 0.3) is 0 Å². The van der Waals surface area contributed by atoms with Gasteiger partial charge in [-0.05, 0) is 12.8 Å². The molecule has 0 aromatic carbocycles. The van der Waals surface area contributed by atoms with Crippen molar-refractivity contribution in [2.75, 3.05) is 25.0 Å². The number of alkyl halides is 3. The monoisotopic (exact) mass is 473 g/mol. The van der Waals surface area contributed by atoms with E-state index in [1.54, 1.807) is 29.9 Å². The van der Waals surface area contributed by atoms with Crippen molar-refractivity contribution in [2.24, 2.45) is 11.8 Å². The third kappa shape index (κ3) is 6.68. The van der Waals surface area contributed by atoms with Crippen molar-refractivity contribution >= 4 is 29.0 Å². The second kappa shape index (κ2) is 10.8. The van der Waals surface area contributed by atoms with Crippen molar-refractivity contribution in [3.63, 3.8) is 0 Å². The second-order valence-electron chi connectivity index (χ2n) is 7.30. The number of carbonyl (C=O) groups excluding carboxylic acids is 1. The van der Waals surface area contributed by atoms with E-state index in [0.717, 1.165) is 37.5 Å². The average Bonchev–Trinajstić information content (AvgIpc) is 3.27. The van der Waals surface area contributed by atoms with Crippen LogP contribution < -0.4 is 5.32 Å². The van der Waals surface area contributed by atoms with Gasteiger partial charge in [-0.15, -0.1) is 11.3 Å². The molecule has 0 saturated carbocycles. The Hall–Kier alpha value is -2.64. The zero-order valence-electron chi connectivity index (χ0n) is 16.9. The molecule has 2 aliphatic rings. The molecule has 2 aliphatic heterocycles. The van der Waals surface area contributed by atoms with Gasteiger partial charge in [-0.3, -0.25) is 14.7 Å². The van der Waals surface area contributed by atoms with Crippen LogP contribution in [0.5, 0.6) is 0 Å². The summed E-state index contributed by atoms with van der Waals surface area (Å²) in [5, 5.41) is 13.2. The predicted molar refractivity (Wildman–Crippen MR) is 108 cm³/mol. The van der Waals surface area contributed by atoms with Crippen LogP contribution in [0.25, 0.3) is 0 Å². The van der Waals surface area contributed by atoms with Crippen LogP contribution in [0.2, 0.25) is 0 Å². The van der Waals surface area contributed by atoms with Gasteiger partial charge in [-0.25, -0.2) is 14.8 Å². The number of ether oxygens (including phenoxy) is 1. The van der Waals surface area contributed by atoms with Gasteiger partial charge in [0.05, 0.1) is 18.8 Å². The molecule has 0 aliphatic carbocycles. The Kier molecular flexibility index (Phi) is 8.10. The largest absolute Gasteiger partial charge is 0.490 e. The molecule has 2 aromatic rings. The number of aromatic nitrogens is 3. The number of carbonyl (C=O) groups is 2. The van der Waals surface area contributed by atoms with Gasteiger partial charge in [0.1, 0.15) is 5.01 Å². The summed E-state index contributed by atoms with van der Waals surface area (Å²) in [7, 11) is 0. The Balaban J connectivity index is 0.000000360. The number of carboxylic acids is 1. The Morgan fingerprint density at radius 3 is 2.66 bits per heavy atom. The molecular formula is C19H22F3N5O4S. The summed E-state index contributed by atoms with van der Waals surface area (Å²) >= 11 is 1.68. The van der Waals surface area contributed by atoms with Crippen LogP contribution in [0.15, 0.2) is 30.2 Å². The number of thiazole rings is 1. The quantitative estimate of drug-likeness (QED) is 0.695. The van der Waals surface area contributed by atoms with Crippen molar-refractivity contribution in [3.05, 3.63) is 35.2 Å². The van der Waals surface area contributed by atoms with Gasteiger partial charge in [-0.1, -0.05) is 0 Å². The summed E-state index contributed by atoms with van der Waals surface area (Å²) in [5.41, 5.74) is 0. The molecule has 2 saturated heterocycles. The van der Waals surface area contributed by atoms with Crippen LogP contribution in [-0.2, 0) is 20.9 Å². The number of carboxylic acid groups (broad SMARTS) is 1. The molecule has 0 bridgehead atoms. The highest BCUT2D eigenvalue weighted by Crippen LogP contribution is 2.34. The summed E-state index contributed by atoms with van der Waals surface area (Å²) in [6.07, 6.45) is 3.39. The summed E-state index contributed by atoms with van der Waals surface area (Å²) in [5.74, 6) is -2.08. The molecule has 4 rings (SSSR count). The van der Waals surface area contributed by atoms with Crippen LogP contribution in [0.1, 0.15) is 17.8 Å². The van der Waals surface area contributed by atoms with Gasteiger partial charge in [0, 0.05) is 55.5 Å². The lowest BCUT2D eigenvalue weighted by Crippen LogP contribution is -2.52. The molecule has 0 unspecified atom stereocenters. The predicted octanol–water partition coefficient (Wildman–Crippen LogP) is 2.43. The Morgan fingerprint density at radius 1 is 1.25 bits per heavy atom. The van der Waals surface area contributed by atoms with Crippen molar-refractivity contribution in [3.8, 4) is 0 Å². The summed E-state index contributed by atoms with van der Waals surface area (Å²) < 4.78 is 37.7. The number of piperidine rings is 1. The van der Waals surface area contributed by atoms with Crippen molar-refractivity contribution in [2.45, 2.75) is 31.7 Å². The molecule has 0 spiro atoms. The molecule has 0 radical (unpaired) electrons. The highest BCUT2D eigenvalue weighted by Gasteiger charge is 2.42. The number of likely N-dealkylation sites (tertiary alicyclic amines) is 1. The summed E-state index contributed by atoms with van der Waals surface area (Å²) in [6, 6.07) is 0. The average molecular weight is 473 g/mol. The number of hydrogen-bond acceptors (Lipinski definition) is 8. The Morgan fingerprint density at radius 2 is 2.03 bits per heavy atom. The number of halogens is 3. The lowest BCUT2D eigenvalue weighted by molar-refractivity contribution is -0.192. The highest BCUT2D eigenvalue weighted by atomic mass is 32.1. The van der Waals surface area contributed by atoms with Crippen molar-refractivity contribution in [1.82, 2.24) is 19.9 Å². The first-order chi connectivity index (χ1) is 15.2. The van der Waals surface area contributed by atoms with Gasteiger partial charge in [0.2, 0.25) is 5.91 Å². The van der Waals surface area contributed by atoms with E-state index in [1.807, 2.05) is 11.6 Å². The van der Waals surface area contributed by atoms with E-state index in [-0.39, 0.29) is 23.8 Å². The van der Waals surface area contributed by atoms with Crippen LogP contribution >= 0.6 is 11.3 Å². The topological polar surface area (TPSA) is 118 Å². The molecule has 3 atom stereocenters. The highest BCUT2D eigenvalue weighted by molar-refractivity contribution is 7.09. The van der Waals surface area contributed by atoms with E-state index in [1.165, 1.54) is 0 Å². The van der Waals surface area contributed by atoms with Gasteiger partial charge < -0.3 is 15.2 Å². The first kappa shape index (κ1) is 24.0. The molecule has 2 N–H and O–H groups in total. The van der Waals surface area contributed by atoms with Crippen LogP contribution in [0, 0.1) is 11.8 Å². The van der Waals surface area contributed by atoms with E-state index < -0.39 is 12.1 Å². The minimum Gasteiger partial charge on any atom is -0.475 e. The summed E-state index contributed by atoms with van der Waals surface area (Å²) in [6.45, 7) is 3.34. The molecule has 13 heteroatoms. The van der Waals surface area contributed by atoms with E-state index >= 15 is 0 Å². The molecule has 2 aromatic heterocycles. The van der Waals surface area contributed by atoms with E-state index in [0.29, 0.717) is 12.4 Å². The van der Waals surface area contributed by atoms with Gasteiger partial charge in [0.15, 0.2) is 5.82 Å². The molecule has 32 heavy (non-hydrogen) atoms.